The third-order valence-corrected chi connectivity index (χ3v) is 1.17. The molecule has 0 unspecified atom stereocenters. The van der Waals surface area contributed by atoms with E-state index >= 15 is 0 Å². The zero-order valence-electron chi connectivity index (χ0n) is 5.96. The molecule has 0 saturated heterocycles. The van der Waals surface area contributed by atoms with Crippen molar-refractivity contribution in [3.8, 4) is 0 Å². The van der Waals surface area contributed by atoms with Crippen molar-refractivity contribution in [2.45, 2.75) is 0 Å². The van der Waals surface area contributed by atoms with Gasteiger partial charge in [0.1, 0.15) is 5.69 Å². The summed E-state index contributed by atoms with van der Waals surface area (Å²) in [6.07, 6.45) is 1.73. The first-order valence-electron chi connectivity index (χ1n) is 2.96. The fourth-order valence-electron chi connectivity index (χ4n) is 0.664. The minimum Gasteiger partial charge on any atom is -0.354 e. The predicted octanol–water partition coefficient (Wildman–Crippen LogP) is 0.0257. The van der Waals surface area contributed by atoms with Gasteiger partial charge in [0, 0.05) is 21.7 Å². The number of rotatable bonds is 1. The van der Waals surface area contributed by atoms with Gasteiger partial charge < -0.3 is 5.32 Å². The molecule has 0 bridgehead atoms. The summed E-state index contributed by atoms with van der Waals surface area (Å²) in [6, 6.07) is 1.67. The molecule has 0 spiro atoms. The molecule has 1 amide bonds. The molecule has 0 aliphatic carbocycles. The molecule has 0 aromatic carbocycles. The van der Waals surface area contributed by atoms with Crippen molar-refractivity contribution in [1.29, 1.82) is 0 Å². The van der Waals surface area contributed by atoms with E-state index in [1.807, 2.05) is 0 Å². The molecule has 4 nitrogen and oxygen atoms in total. The van der Waals surface area contributed by atoms with Gasteiger partial charge in [-0.05, 0) is 6.07 Å². The van der Waals surface area contributed by atoms with Gasteiger partial charge >= 0.3 is 0 Å². The summed E-state index contributed by atoms with van der Waals surface area (Å²) in [4.78, 5) is 10.8. The quantitative estimate of drug-likeness (QED) is 0.599. The van der Waals surface area contributed by atoms with Crippen LogP contribution in [0.15, 0.2) is 12.3 Å². The number of aryl methyl sites for hydroxylation is 1. The number of nitrogens with one attached hydrogen (secondary N) is 1. The SMILES string of the molecule is CNC(=O)c1ccn(C)n1.[HH]. The van der Waals surface area contributed by atoms with Crippen molar-refractivity contribution in [3.05, 3.63) is 18.0 Å². The van der Waals surface area contributed by atoms with Gasteiger partial charge in [-0.1, -0.05) is 0 Å². The highest BCUT2D eigenvalue weighted by atomic mass is 16.1. The minimum atomic E-state index is -0.152. The number of carbonyl (C=O) groups excluding carboxylic acids is 1. The first kappa shape index (κ1) is 6.80. The molecule has 10 heavy (non-hydrogen) atoms. The van der Waals surface area contributed by atoms with E-state index in [1.165, 1.54) is 0 Å². The van der Waals surface area contributed by atoms with Crippen molar-refractivity contribution in [2.24, 2.45) is 7.05 Å². The Bertz CT molecular complexity index is 246. The van der Waals surface area contributed by atoms with E-state index in [4.69, 9.17) is 0 Å². The van der Waals surface area contributed by atoms with E-state index in [0.29, 0.717) is 5.69 Å². The Kier molecular flexibility index (Phi) is 1.71. The fraction of sp³-hybridized carbons (Fsp3) is 0.333. The van der Waals surface area contributed by atoms with Gasteiger partial charge in [0.2, 0.25) is 0 Å². The standard InChI is InChI=1S/C6H9N3O.H2/c1-7-6(10)5-3-4-9(2)8-5;/h3-4H,1-2H3,(H,7,10);1H. The minimum absolute atomic E-state index is 0. The monoisotopic (exact) mass is 141 g/mol. The highest BCUT2D eigenvalue weighted by Crippen LogP contribution is 1.91. The van der Waals surface area contributed by atoms with Crippen LogP contribution in [0.5, 0.6) is 0 Å². The van der Waals surface area contributed by atoms with E-state index in [-0.39, 0.29) is 7.33 Å². The summed E-state index contributed by atoms with van der Waals surface area (Å²) in [5.74, 6) is -0.152. The third-order valence-electron chi connectivity index (χ3n) is 1.17. The van der Waals surface area contributed by atoms with Crippen LogP contribution in [-0.4, -0.2) is 22.7 Å². The van der Waals surface area contributed by atoms with E-state index in [9.17, 15) is 4.79 Å². The van der Waals surface area contributed by atoms with Crippen molar-refractivity contribution in [3.63, 3.8) is 0 Å². The fourth-order valence-corrected chi connectivity index (χ4v) is 0.664. The van der Waals surface area contributed by atoms with Gasteiger partial charge in [-0.2, -0.15) is 5.10 Å². The highest BCUT2D eigenvalue weighted by molar-refractivity contribution is 5.91. The third kappa shape index (κ3) is 1.15. The molecular formula is C6H11N3O. The van der Waals surface area contributed by atoms with E-state index in [2.05, 4.69) is 10.4 Å². The first-order valence-corrected chi connectivity index (χ1v) is 2.96. The molecule has 56 valence electrons. The Morgan fingerprint density at radius 2 is 2.60 bits per heavy atom. The van der Waals surface area contributed by atoms with Gasteiger partial charge in [-0.25, -0.2) is 0 Å². The van der Waals surface area contributed by atoms with Crippen LogP contribution in [0.4, 0.5) is 0 Å². The molecule has 0 atom stereocenters. The summed E-state index contributed by atoms with van der Waals surface area (Å²) in [7, 11) is 3.35. The number of hydrogen-bond acceptors (Lipinski definition) is 2. The Morgan fingerprint density at radius 1 is 1.90 bits per heavy atom. The van der Waals surface area contributed by atoms with Crippen LogP contribution in [0.3, 0.4) is 0 Å². The van der Waals surface area contributed by atoms with Crippen LogP contribution in [0.1, 0.15) is 11.9 Å². The molecule has 0 fully saturated rings. The number of amides is 1. The second-order valence-electron chi connectivity index (χ2n) is 1.95. The van der Waals surface area contributed by atoms with Crippen LogP contribution in [0, 0.1) is 0 Å². The van der Waals surface area contributed by atoms with Crippen molar-refractivity contribution in [1.82, 2.24) is 15.1 Å². The van der Waals surface area contributed by atoms with Crippen LogP contribution >= 0.6 is 0 Å². The number of nitrogens with zero attached hydrogens (tertiary/aromatic N) is 2. The smallest absolute Gasteiger partial charge is 0.271 e. The summed E-state index contributed by atoms with van der Waals surface area (Å²) in [5, 5.41) is 6.37. The molecule has 1 aromatic rings. The molecule has 1 aromatic heterocycles. The lowest BCUT2D eigenvalue weighted by Gasteiger charge is -1.91. The molecular weight excluding hydrogens is 130 g/mol. The maximum absolute atomic E-state index is 10.8. The molecule has 0 aliphatic rings. The number of carbonyl (C=O) groups is 1. The Morgan fingerprint density at radius 3 is 3.00 bits per heavy atom. The largest absolute Gasteiger partial charge is 0.354 e. The van der Waals surface area contributed by atoms with Gasteiger partial charge in [-0.3, -0.25) is 9.48 Å². The molecule has 1 N–H and O–H groups in total. The average Bonchev–Trinajstić information content (AvgIpc) is 2.34. The lowest BCUT2D eigenvalue weighted by Crippen LogP contribution is -2.18. The lowest BCUT2D eigenvalue weighted by atomic mass is 10.4. The van der Waals surface area contributed by atoms with Crippen molar-refractivity contribution < 1.29 is 6.22 Å². The predicted molar refractivity (Wildman–Crippen MR) is 38.7 cm³/mol. The van der Waals surface area contributed by atoms with Crippen LogP contribution in [0.25, 0.3) is 0 Å². The first-order chi connectivity index (χ1) is 4.74. The topological polar surface area (TPSA) is 46.9 Å². The van der Waals surface area contributed by atoms with E-state index in [1.54, 1.807) is 31.0 Å². The van der Waals surface area contributed by atoms with Crippen molar-refractivity contribution >= 4 is 5.91 Å². The van der Waals surface area contributed by atoms with Gasteiger partial charge in [0.25, 0.3) is 5.91 Å². The van der Waals surface area contributed by atoms with Gasteiger partial charge in [0.05, 0.1) is 0 Å². The maximum Gasteiger partial charge on any atom is 0.271 e. The summed E-state index contributed by atoms with van der Waals surface area (Å²) in [5.41, 5.74) is 0.449. The molecule has 0 radical (unpaired) electrons. The van der Waals surface area contributed by atoms with Gasteiger partial charge in [-0.15, -0.1) is 0 Å². The Hall–Kier alpha value is -1.32. The number of aromatic nitrogens is 2. The van der Waals surface area contributed by atoms with E-state index < -0.39 is 0 Å². The second-order valence-corrected chi connectivity index (χ2v) is 1.95. The van der Waals surface area contributed by atoms with Crippen molar-refractivity contribution in [2.75, 3.05) is 7.05 Å². The van der Waals surface area contributed by atoms with Crippen LogP contribution in [0.2, 0.25) is 0 Å². The zero-order chi connectivity index (χ0) is 7.56. The molecule has 4 heteroatoms. The van der Waals surface area contributed by atoms with E-state index in [0.717, 1.165) is 0 Å². The van der Waals surface area contributed by atoms with Crippen LogP contribution in [-0.2, 0) is 7.05 Å². The average molecular weight is 141 g/mol. The lowest BCUT2D eigenvalue weighted by molar-refractivity contribution is 0.0957. The molecule has 0 saturated carbocycles. The zero-order valence-corrected chi connectivity index (χ0v) is 5.96. The maximum atomic E-state index is 10.8. The Balaban J connectivity index is 0.000001000. The summed E-state index contributed by atoms with van der Waals surface area (Å²) in [6.45, 7) is 0. The van der Waals surface area contributed by atoms with Crippen LogP contribution < -0.4 is 5.32 Å². The number of hydrogen-bond donors (Lipinski definition) is 1. The normalized spacial score (nSPS) is 9.40. The summed E-state index contributed by atoms with van der Waals surface area (Å²) < 4.78 is 1.59. The second kappa shape index (κ2) is 2.51. The van der Waals surface area contributed by atoms with Gasteiger partial charge in [0.15, 0.2) is 0 Å². The highest BCUT2D eigenvalue weighted by Gasteiger charge is 2.03. The summed E-state index contributed by atoms with van der Waals surface area (Å²) >= 11 is 0. The Labute approximate surface area is 60.3 Å². The molecule has 1 heterocycles. The molecule has 0 aliphatic heterocycles. The molecule has 1 rings (SSSR count).